The summed E-state index contributed by atoms with van der Waals surface area (Å²) in [6.45, 7) is 0. The third-order valence-corrected chi connectivity index (χ3v) is 3.86. The van der Waals surface area contributed by atoms with Crippen molar-refractivity contribution in [1.29, 1.82) is 0 Å². The Kier molecular flexibility index (Phi) is 5.66. The monoisotopic (exact) mass is 358 g/mol. The van der Waals surface area contributed by atoms with E-state index in [1.807, 2.05) is 0 Å². The Morgan fingerprint density at radius 2 is 2.04 bits per heavy atom. The van der Waals surface area contributed by atoms with Gasteiger partial charge in [0.15, 0.2) is 0 Å². The Hall–Kier alpha value is -2.58. The molecule has 1 aliphatic heterocycles. The average Bonchev–Trinajstić information content (AvgIpc) is 2.99. The first-order valence-corrected chi connectivity index (χ1v) is 7.55. The highest BCUT2D eigenvalue weighted by molar-refractivity contribution is 5.93. The molecule has 0 unspecified atom stereocenters. The zero-order chi connectivity index (χ0) is 18.6. The summed E-state index contributed by atoms with van der Waals surface area (Å²) in [5, 5.41) is 4.79. The number of hydrogen-bond donors (Lipinski definition) is 2. The van der Waals surface area contributed by atoms with Crippen LogP contribution < -0.4 is 10.6 Å². The lowest BCUT2D eigenvalue weighted by Gasteiger charge is -2.21. The number of nitrogens with one attached hydrogen (secondary N) is 2. The molecule has 1 saturated heterocycles. The Morgan fingerprint density at radius 1 is 1.36 bits per heavy atom. The average molecular weight is 358 g/mol. The van der Waals surface area contributed by atoms with Crippen LogP contribution in [0.3, 0.4) is 0 Å². The minimum Gasteiger partial charge on any atom is -0.467 e. The first kappa shape index (κ1) is 18.8. The number of amides is 2. The lowest BCUT2D eigenvalue weighted by atomic mass is 9.99. The molecule has 0 radical (unpaired) electrons. The molecule has 6 nitrogen and oxygen atoms in total. The molecule has 25 heavy (non-hydrogen) atoms. The van der Waals surface area contributed by atoms with Crippen LogP contribution in [0.4, 0.5) is 13.2 Å². The summed E-state index contributed by atoms with van der Waals surface area (Å²) in [6.07, 6.45) is -4.52. The van der Waals surface area contributed by atoms with Crippen molar-refractivity contribution in [2.45, 2.75) is 37.5 Å². The van der Waals surface area contributed by atoms with Gasteiger partial charge in [-0.2, -0.15) is 13.2 Å². The van der Waals surface area contributed by atoms with E-state index >= 15 is 0 Å². The predicted octanol–water partition coefficient (Wildman–Crippen LogP) is 1.18. The standard InChI is InChI=1S/C16H17F3N2O4/c1-25-15(24)12(21-14(23)11-6-7-13(22)20-11)8-9-4-2-3-5-10(9)16(17,18)19/h2-5,11-12H,6-8H2,1H3,(H,20,22)(H,21,23)/t11-,12+/m0/s1. The van der Waals surface area contributed by atoms with E-state index in [4.69, 9.17) is 0 Å². The van der Waals surface area contributed by atoms with Crippen molar-refractivity contribution in [1.82, 2.24) is 10.6 Å². The van der Waals surface area contributed by atoms with Crippen molar-refractivity contribution in [3.8, 4) is 0 Å². The third kappa shape index (κ3) is 4.71. The van der Waals surface area contributed by atoms with Gasteiger partial charge in [0.05, 0.1) is 12.7 Å². The molecule has 1 fully saturated rings. The summed E-state index contributed by atoms with van der Waals surface area (Å²) in [7, 11) is 1.08. The van der Waals surface area contributed by atoms with Crippen LogP contribution in [-0.2, 0) is 31.7 Å². The summed E-state index contributed by atoms with van der Waals surface area (Å²) in [5.74, 6) is -1.79. The van der Waals surface area contributed by atoms with Crippen molar-refractivity contribution in [2.75, 3.05) is 7.11 Å². The smallest absolute Gasteiger partial charge is 0.416 e. The zero-order valence-corrected chi connectivity index (χ0v) is 13.4. The van der Waals surface area contributed by atoms with Crippen molar-refractivity contribution in [3.05, 3.63) is 35.4 Å². The summed E-state index contributed by atoms with van der Waals surface area (Å²) < 4.78 is 43.8. The molecule has 2 atom stereocenters. The highest BCUT2D eigenvalue weighted by Gasteiger charge is 2.35. The maximum atomic E-state index is 13.1. The number of benzene rings is 1. The second kappa shape index (κ2) is 7.54. The summed E-state index contributed by atoms with van der Waals surface area (Å²) in [5.41, 5.74) is -1.02. The fourth-order valence-electron chi connectivity index (χ4n) is 2.61. The van der Waals surface area contributed by atoms with E-state index in [0.29, 0.717) is 0 Å². The lowest BCUT2D eigenvalue weighted by molar-refractivity contribution is -0.146. The SMILES string of the molecule is COC(=O)[C@@H](Cc1ccccc1C(F)(F)F)NC(=O)[C@@H]1CCC(=O)N1. The summed E-state index contributed by atoms with van der Waals surface area (Å²) in [4.78, 5) is 35.2. The number of carbonyl (C=O) groups excluding carboxylic acids is 3. The molecule has 2 rings (SSSR count). The maximum Gasteiger partial charge on any atom is 0.416 e. The highest BCUT2D eigenvalue weighted by Crippen LogP contribution is 2.32. The van der Waals surface area contributed by atoms with Crippen molar-refractivity contribution in [2.24, 2.45) is 0 Å². The molecule has 1 aromatic carbocycles. The molecule has 1 aromatic rings. The Morgan fingerprint density at radius 3 is 2.60 bits per heavy atom. The lowest BCUT2D eigenvalue weighted by Crippen LogP contribution is -2.50. The number of ether oxygens (including phenoxy) is 1. The Labute approximate surface area is 141 Å². The molecule has 0 aromatic heterocycles. The number of halogens is 3. The fourth-order valence-corrected chi connectivity index (χ4v) is 2.61. The molecule has 2 N–H and O–H groups in total. The third-order valence-electron chi connectivity index (χ3n) is 3.86. The van der Waals surface area contributed by atoms with Gasteiger partial charge in [0.25, 0.3) is 0 Å². The first-order valence-electron chi connectivity index (χ1n) is 7.55. The fraction of sp³-hybridized carbons (Fsp3) is 0.438. The normalized spacial score (nSPS) is 18.4. The van der Waals surface area contributed by atoms with E-state index in [-0.39, 0.29) is 30.7 Å². The van der Waals surface area contributed by atoms with Gasteiger partial charge in [-0.25, -0.2) is 4.79 Å². The second-order valence-electron chi connectivity index (χ2n) is 5.60. The largest absolute Gasteiger partial charge is 0.467 e. The quantitative estimate of drug-likeness (QED) is 0.775. The molecule has 1 heterocycles. The number of hydrogen-bond acceptors (Lipinski definition) is 4. The van der Waals surface area contributed by atoms with Crippen molar-refractivity contribution >= 4 is 17.8 Å². The molecular formula is C16H17F3N2O4. The van der Waals surface area contributed by atoms with Gasteiger partial charge < -0.3 is 15.4 Å². The molecule has 1 aliphatic rings. The molecule has 136 valence electrons. The van der Waals surface area contributed by atoms with E-state index < -0.39 is 35.7 Å². The minimum absolute atomic E-state index is 0.138. The van der Waals surface area contributed by atoms with Gasteiger partial charge in [0, 0.05) is 12.8 Å². The number of carbonyl (C=O) groups is 3. The summed E-state index contributed by atoms with van der Waals surface area (Å²) >= 11 is 0. The second-order valence-corrected chi connectivity index (χ2v) is 5.60. The Balaban J connectivity index is 2.18. The number of rotatable bonds is 5. The highest BCUT2D eigenvalue weighted by atomic mass is 19.4. The van der Waals surface area contributed by atoms with Gasteiger partial charge in [-0.15, -0.1) is 0 Å². The molecule has 0 spiro atoms. The van der Waals surface area contributed by atoms with Crippen LogP contribution in [0.2, 0.25) is 0 Å². The zero-order valence-electron chi connectivity index (χ0n) is 13.4. The van der Waals surface area contributed by atoms with Crippen LogP contribution in [0.5, 0.6) is 0 Å². The van der Waals surface area contributed by atoms with Crippen LogP contribution in [0.1, 0.15) is 24.0 Å². The molecule has 9 heteroatoms. The van der Waals surface area contributed by atoms with E-state index in [2.05, 4.69) is 15.4 Å². The van der Waals surface area contributed by atoms with E-state index in [1.165, 1.54) is 18.2 Å². The van der Waals surface area contributed by atoms with E-state index in [9.17, 15) is 27.6 Å². The maximum absolute atomic E-state index is 13.1. The molecule has 2 amide bonds. The van der Waals surface area contributed by atoms with Crippen molar-refractivity contribution < 1.29 is 32.3 Å². The number of alkyl halides is 3. The van der Waals surface area contributed by atoms with E-state index in [0.717, 1.165) is 13.2 Å². The minimum atomic E-state index is -4.58. The van der Waals surface area contributed by atoms with Crippen LogP contribution in [0.15, 0.2) is 24.3 Å². The number of esters is 1. The van der Waals surface area contributed by atoms with Gasteiger partial charge >= 0.3 is 12.1 Å². The van der Waals surface area contributed by atoms with Gasteiger partial charge in [-0.3, -0.25) is 9.59 Å². The van der Waals surface area contributed by atoms with Crippen LogP contribution >= 0.6 is 0 Å². The van der Waals surface area contributed by atoms with Gasteiger partial charge in [-0.05, 0) is 18.1 Å². The van der Waals surface area contributed by atoms with Gasteiger partial charge in [-0.1, -0.05) is 18.2 Å². The van der Waals surface area contributed by atoms with Crippen LogP contribution in [-0.4, -0.2) is 37.0 Å². The molecule has 0 aliphatic carbocycles. The molecular weight excluding hydrogens is 341 g/mol. The van der Waals surface area contributed by atoms with Crippen molar-refractivity contribution in [3.63, 3.8) is 0 Å². The number of methoxy groups -OCH3 is 1. The first-order chi connectivity index (χ1) is 11.7. The molecule has 0 bridgehead atoms. The topological polar surface area (TPSA) is 84.5 Å². The van der Waals surface area contributed by atoms with Crippen LogP contribution in [0.25, 0.3) is 0 Å². The van der Waals surface area contributed by atoms with Crippen LogP contribution in [0, 0.1) is 0 Å². The summed E-state index contributed by atoms with van der Waals surface area (Å²) in [6, 6.07) is 2.70. The predicted molar refractivity (Wildman–Crippen MR) is 80.3 cm³/mol. The van der Waals surface area contributed by atoms with Gasteiger partial charge in [0.2, 0.25) is 11.8 Å². The Bertz CT molecular complexity index is 676. The van der Waals surface area contributed by atoms with E-state index in [1.54, 1.807) is 0 Å². The molecule has 0 saturated carbocycles. The van der Waals surface area contributed by atoms with Gasteiger partial charge in [0.1, 0.15) is 12.1 Å².